The van der Waals surface area contributed by atoms with Crippen LogP contribution in [0.25, 0.3) is 0 Å². The van der Waals surface area contributed by atoms with Gasteiger partial charge in [0.2, 0.25) is 11.8 Å². The summed E-state index contributed by atoms with van der Waals surface area (Å²) in [6.07, 6.45) is 0. The minimum absolute atomic E-state index is 0.0608. The number of carbonyl (C=O) groups excluding carboxylic acids is 2. The fraction of sp³-hybridized carbons (Fsp3) is 0.467. The lowest BCUT2D eigenvalue weighted by atomic mass is 10.1. The first-order chi connectivity index (χ1) is 10.0. The summed E-state index contributed by atoms with van der Waals surface area (Å²) in [6, 6.07) is 5.60. The van der Waals surface area contributed by atoms with E-state index in [1.54, 1.807) is 17.0 Å². The number of hydrogen-bond acceptors (Lipinski definition) is 3. The van der Waals surface area contributed by atoms with Crippen molar-refractivity contribution in [2.45, 2.75) is 25.9 Å². The van der Waals surface area contributed by atoms with Gasteiger partial charge < -0.3 is 10.2 Å². The number of hydrogen-bond donors (Lipinski definition) is 2. The van der Waals surface area contributed by atoms with E-state index in [1.807, 2.05) is 13.8 Å². The zero-order valence-electron chi connectivity index (χ0n) is 12.2. The molecule has 0 aliphatic carbocycles. The van der Waals surface area contributed by atoms with E-state index >= 15 is 0 Å². The number of amides is 2. The third-order valence-corrected chi connectivity index (χ3v) is 3.75. The lowest BCUT2D eigenvalue weighted by Crippen LogP contribution is -2.58. The van der Waals surface area contributed by atoms with Crippen LogP contribution in [0.3, 0.4) is 0 Å². The Kier molecular flexibility index (Phi) is 4.90. The molecular weight excluding hydrogens is 273 g/mol. The maximum atomic E-state index is 13.0. The van der Waals surface area contributed by atoms with E-state index in [2.05, 4.69) is 10.6 Å². The first-order valence-corrected chi connectivity index (χ1v) is 7.09. The molecule has 2 N–H and O–H groups in total. The Hall–Kier alpha value is -1.95. The minimum atomic E-state index is -0.412. The number of rotatable bonds is 4. The summed E-state index contributed by atoms with van der Waals surface area (Å²) in [7, 11) is 0. The largest absolute Gasteiger partial charge is 0.353 e. The molecule has 2 rings (SSSR count). The van der Waals surface area contributed by atoms with Gasteiger partial charge in [-0.15, -0.1) is 0 Å². The van der Waals surface area contributed by atoms with Crippen LogP contribution in [0.1, 0.15) is 25.5 Å². The molecule has 1 aliphatic rings. The first kappa shape index (κ1) is 15.4. The number of likely N-dealkylation sites (N-methyl/N-ethyl adjacent to an activating group) is 1. The first-order valence-electron chi connectivity index (χ1n) is 7.09. The summed E-state index contributed by atoms with van der Waals surface area (Å²) in [5.74, 6) is -0.458. The number of benzene rings is 1. The van der Waals surface area contributed by atoms with Gasteiger partial charge in [-0.2, -0.15) is 0 Å². The van der Waals surface area contributed by atoms with Gasteiger partial charge in [0, 0.05) is 13.1 Å². The topological polar surface area (TPSA) is 61.4 Å². The molecule has 0 bridgehead atoms. The lowest BCUT2D eigenvalue weighted by Gasteiger charge is -2.33. The minimum Gasteiger partial charge on any atom is -0.353 e. The number of nitrogens with zero attached hydrogens (tertiary/aromatic N) is 1. The van der Waals surface area contributed by atoms with E-state index in [9.17, 15) is 14.0 Å². The Bertz CT molecular complexity index is 508. The van der Waals surface area contributed by atoms with Crippen LogP contribution in [0.15, 0.2) is 24.3 Å². The highest BCUT2D eigenvalue weighted by molar-refractivity contribution is 5.87. The Morgan fingerprint density at radius 3 is 2.62 bits per heavy atom. The highest BCUT2D eigenvalue weighted by atomic mass is 19.1. The second kappa shape index (κ2) is 6.67. The molecule has 21 heavy (non-hydrogen) atoms. The average Bonchev–Trinajstić information content (AvgIpc) is 2.49. The molecule has 1 aromatic rings. The van der Waals surface area contributed by atoms with Crippen molar-refractivity contribution in [2.24, 2.45) is 0 Å². The van der Waals surface area contributed by atoms with Crippen LogP contribution in [-0.2, 0) is 9.59 Å². The second-order valence-electron chi connectivity index (χ2n) is 5.09. The molecule has 5 nitrogen and oxygen atoms in total. The fourth-order valence-corrected chi connectivity index (χ4v) is 2.48. The number of nitrogens with one attached hydrogen (secondary N) is 2. The van der Waals surface area contributed by atoms with Crippen LogP contribution in [0.5, 0.6) is 0 Å². The van der Waals surface area contributed by atoms with E-state index in [0.29, 0.717) is 13.1 Å². The summed E-state index contributed by atoms with van der Waals surface area (Å²) < 4.78 is 13.0. The molecule has 0 spiro atoms. The van der Waals surface area contributed by atoms with Crippen molar-refractivity contribution in [2.75, 3.05) is 19.6 Å². The Morgan fingerprint density at radius 2 is 2.10 bits per heavy atom. The molecule has 1 aromatic carbocycles. The van der Waals surface area contributed by atoms with Crippen LogP contribution in [0.2, 0.25) is 0 Å². The predicted molar refractivity (Wildman–Crippen MR) is 77.0 cm³/mol. The quantitative estimate of drug-likeness (QED) is 0.864. The molecule has 1 saturated heterocycles. The van der Waals surface area contributed by atoms with Crippen LogP contribution >= 0.6 is 0 Å². The van der Waals surface area contributed by atoms with Gasteiger partial charge >= 0.3 is 0 Å². The second-order valence-corrected chi connectivity index (χ2v) is 5.09. The summed E-state index contributed by atoms with van der Waals surface area (Å²) in [5.41, 5.74) is 0.881. The SMILES string of the molecule is CCN(C(=O)C1CNC(=O)CN1)C(C)c1ccc(F)cc1. The molecule has 1 heterocycles. The zero-order valence-corrected chi connectivity index (χ0v) is 12.2. The van der Waals surface area contributed by atoms with Crippen LogP contribution in [0, 0.1) is 5.82 Å². The highest BCUT2D eigenvalue weighted by Gasteiger charge is 2.30. The molecule has 0 saturated carbocycles. The van der Waals surface area contributed by atoms with E-state index in [0.717, 1.165) is 5.56 Å². The van der Waals surface area contributed by atoms with Crippen molar-refractivity contribution in [1.29, 1.82) is 0 Å². The van der Waals surface area contributed by atoms with E-state index in [4.69, 9.17) is 0 Å². The number of carbonyl (C=O) groups is 2. The molecule has 2 unspecified atom stereocenters. The third kappa shape index (κ3) is 3.58. The Balaban J connectivity index is 2.09. The fourth-order valence-electron chi connectivity index (χ4n) is 2.48. The molecule has 0 radical (unpaired) electrons. The Morgan fingerprint density at radius 1 is 1.43 bits per heavy atom. The molecule has 2 amide bonds. The lowest BCUT2D eigenvalue weighted by molar-refractivity contribution is -0.136. The molecule has 1 aliphatic heterocycles. The summed E-state index contributed by atoms with van der Waals surface area (Å²) in [4.78, 5) is 25.4. The van der Waals surface area contributed by atoms with Gasteiger partial charge in [-0.3, -0.25) is 14.9 Å². The van der Waals surface area contributed by atoms with Crippen molar-refractivity contribution < 1.29 is 14.0 Å². The monoisotopic (exact) mass is 293 g/mol. The van der Waals surface area contributed by atoms with Crippen molar-refractivity contribution >= 4 is 11.8 Å². The van der Waals surface area contributed by atoms with Gasteiger partial charge in [0.15, 0.2) is 0 Å². The normalized spacial score (nSPS) is 19.8. The molecule has 6 heteroatoms. The van der Waals surface area contributed by atoms with Gasteiger partial charge in [-0.1, -0.05) is 12.1 Å². The molecule has 1 fully saturated rings. The average molecular weight is 293 g/mol. The van der Waals surface area contributed by atoms with Gasteiger partial charge in [0.05, 0.1) is 12.6 Å². The maximum absolute atomic E-state index is 13.0. The standard InChI is InChI=1S/C15H20FN3O2/c1-3-19(10(2)11-4-6-12(16)7-5-11)15(21)13-8-18-14(20)9-17-13/h4-7,10,13,17H,3,8-9H2,1-2H3,(H,18,20). The Labute approximate surface area is 123 Å². The van der Waals surface area contributed by atoms with Crippen LogP contribution in [-0.4, -0.2) is 42.4 Å². The highest BCUT2D eigenvalue weighted by Crippen LogP contribution is 2.21. The van der Waals surface area contributed by atoms with Crippen molar-refractivity contribution in [3.05, 3.63) is 35.6 Å². The number of piperazine rings is 1. The van der Waals surface area contributed by atoms with Crippen molar-refractivity contribution in [1.82, 2.24) is 15.5 Å². The van der Waals surface area contributed by atoms with E-state index in [-0.39, 0.29) is 30.2 Å². The molecule has 0 aromatic heterocycles. The van der Waals surface area contributed by atoms with Crippen LogP contribution < -0.4 is 10.6 Å². The summed E-state index contributed by atoms with van der Waals surface area (Å²) in [5, 5.41) is 5.62. The van der Waals surface area contributed by atoms with Gasteiger partial charge in [0.1, 0.15) is 11.9 Å². The van der Waals surface area contributed by atoms with Crippen LogP contribution in [0.4, 0.5) is 4.39 Å². The summed E-state index contributed by atoms with van der Waals surface area (Å²) in [6.45, 7) is 4.81. The van der Waals surface area contributed by atoms with Crippen molar-refractivity contribution in [3.63, 3.8) is 0 Å². The smallest absolute Gasteiger partial charge is 0.242 e. The zero-order chi connectivity index (χ0) is 15.4. The molecular formula is C15H20FN3O2. The molecule has 2 atom stereocenters. The van der Waals surface area contributed by atoms with Gasteiger partial charge in [-0.05, 0) is 31.5 Å². The van der Waals surface area contributed by atoms with E-state index in [1.165, 1.54) is 12.1 Å². The molecule has 114 valence electrons. The van der Waals surface area contributed by atoms with Gasteiger partial charge in [0.25, 0.3) is 0 Å². The third-order valence-electron chi connectivity index (χ3n) is 3.75. The predicted octanol–water partition coefficient (Wildman–Crippen LogP) is 0.823. The van der Waals surface area contributed by atoms with Gasteiger partial charge in [-0.25, -0.2) is 4.39 Å². The number of halogens is 1. The summed E-state index contributed by atoms with van der Waals surface area (Å²) >= 11 is 0. The van der Waals surface area contributed by atoms with E-state index < -0.39 is 6.04 Å². The maximum Gasteiger partial charge on any atom is 0.242 e. The van der Waals surface area contributed by atoms with Crippen molar-refractivity contribution in [3.8, 4) is 0 Å².